The topological polar surface area (TPSA) is 41.9 Å². The lowest BCUT2D eigenvalue weighted by Crippen LogP contribution is -2.55. The Bertz CT molecular complexity index is 225. The Morgan fingerprint density at radius 3 is 2.31 bits per heavy atom. The van der Waals surface area contributed by atoms with E-state index in [1.165, 1.54) is 0 Å². The third-order valence-corrected chi connectivity index (χ3v) is 2.75. The van der Waals surface area contributed by atoms with Gasteiger partial charge in [-0.25, -0.2) is 0 Å². The standard InChI is InChI=1S/C12H25NO3/c1-8-7-9(13(5)6)10(14)11(15-8)16-12(2,3)4/h8-11,14H,7H2,1-6H3/t8-,9+,10-,11-/m1/s1. The second kappa shape index (κ2) is 5.00. The second-order valence-electron chi connectivity index (χ2n) is 5.80. The largest absolute Gasteiger partial charge is 0.386 e. The molecule has 0 aromatic carbocycles. The van der Waals surface area contributed by atoms with Gasteiger partial charge in [0.2, 0.25) is 0 Å². The first kappa shape index (κ1) is 13.9. The molecule has 0 bridgehead atoms. The quantitative estimate of drug-likeness (QED) is 0.776. The molecular formula is C12H25NO3. The first-order valence-corrected chi connectivity index (χ1v) is 5.88. The second-order valence-corrected chi connectivity index (χ2v) is 5.80. The highest BCUT2D eigenvalue weighted by Gasteiger charge is 2.39. The zero-order valence-electron chi connectivity index (χ0n) is 11.2. The molecule has 16 heavy (non-hydrogen) atoms. The van der Waals surface area contributed by atoms with Crippen molar-refractivity contribution in [3.05, 3.63) is 0 Å². The molecule has 1 fully saturated rings. The van der Waals surface area contributed by atoms with Gasteiger partial charge < -0.3 is 19.5 Å². The SMILES string of the molecule is C[C@@H]1C[C@H](N(C)C)[C@@H](O)[C@@H](OC(C)(C)C)O1. The molecule has 1 aliphatic rings. The molecule has 0 saturated carbocycles. The van der Waals surface area contributed by atoms with Crippen LogP contribution in [0.4, 0.5) is 0 Å². The number of aliphatic hydroxyl groups excluding tert-OH is 1. The maximum atomic E-state index is 10.2. The van der Waals surface area contributed by atoms with Gasteiger partial charge in [0.15, 0.2) is 6.29 Å². The van der Waals surface area contributed by atoms with Crippen LogP contribution in [-0.2, 0) is 9.47 Å². The first-order chi connectivity index (χ1) is 7.20. The van der Waals surface area contributed by atoms with Gasteiger partial charge in [-0.2, -0.15) is 0 Å². The van der Waals surface area contributed by atoms with Crippen molar-refractivity contribution in [1.82, 2.24) is 4.90 Å². The van der Waals surface area contributed by atoms with Crippen LogP contribution in [-0.4, -0.2) is 54.2 Å². The van der Waals surface area contributed by atoms with Crippen LogP contribution in [0.25, 0.3) is 0 Å². The molecule has 1 aliphatic heterocycles. The van der Waals surface area contributed by atoms with Crippen molar-refractivity contribution in [2.24, 2.45) is 0 Å². The average molecular weight is 231 g/mol. The fourth-order valence-corrected chi connectivity index (χ4v) is 1.99. The fraction of sp³-hybridized carbons (Fsp3) is 1.00. The molecule has 4 nitrogen and oxygen atoms in total. The molecule has 0 radical (unpaired) electrons. The van der Waals surface area contributed by atoms with E-state index in [0.717, 1.165) is 6.42 Å². The lowest BCUT2D eigenvalue weighted by molar-refractivity contribution is -0.281. The molecule has 0 aromatic heterocycles. The van der Waals surface area contributed by atoms with E-state index in [-0.39, 0.29) is 17.7 Å². The first-order valence-electron chi connectivity index (χ1n) is 5.88. The molecule has 0 unspecified atom stereocenters. The van der Waals surface area contributed by atoms with Gasteiger partial charge in [0.1, 0.15) is 6.10 Å². The minimum absolute atomic E-state index is 0.0936. The van der Waals surface area contributed by atoms with E-state index in [4.69, 9.17) is 9.47 Å². The van der Waals surface area contributed by atoms with Gasteiger partial charge in [-0.1, -0.05) is 0 Å². The number of hydrogen-bond donors (Lipinski definition) is 1. The van der Waals surface area contributed by atoms with Crippen molar-refractivity contribution in [2.45, 2.75) is 64.3 Å². The van der Waals surface area contributed by atoms with E-state index < -0.39 is 12.4 Å². The van der Waals surface area contributed by atoms with Crippen LogP contribution in [0, 0.1) is 0 Å². The van der Waals surface area contributed by atoms with Crippen molar-refractivity contribution < 1.29 is 14.6 Å². The van der Waals surface area contributed by atoms with Gasteiger partial charge in [-0.15, -0.1) is 0 Å². The summed E-state index contributed by atoms with van der Waals surface area (Å²) in [6.45, 7) is 7.91. The number of likely N-dealkylation sites (N-methyl/N-ethyl adjacent to an activating group) is 1. The summed E-state index contributed by atoms with van der Waals surface area (Å²) in [6, 6.07) is 0.0936. The van der Waals surface area contributed by atoms with E-state index in [2.05, 4.69) is 0 Å². The highest BCUT2D eigenvalue weighted by Crippen LogP contribution is 2.26. The Morgan fingerprint density at radius 2 is 1.88 bits per heavy atom. The number of nitrogens with zero attached hydrogens (tertiary/aromatic N) is 1. The van der Waals surface area contributed by atoms with Gasteiger partial charge in [0, 0.05) is 6.04 Å². The molecule has 1 N–H and O–H groups in total. The Hall–Kier alpha value is -0.160. The van der Waals surface area contributed by atoms with Crippen LogP contribution in [0.15, 0.2) is 0 Å². The van der Waals surface area contributed by atoms with Crippen molar-refractivity contribution in [2.75, 3.05) is 14.1 Å². The number of ether oxygens (including phenoxy) is 2. The number of rotatable bonds is 2. The zero-order chi connectivity index (χ0) is 12.5. The normalized spacial score (nSPS) is 36.8. The van der Waals surface area contributed by atoms with E-state index in [0.29, 0.717) is 0 Å². The third-order valence-electron chi connectivity index (χ3n) is 2.75. The average Bonchev–Trinajstić information content (AvgIpc) is 2.07. The van der Waals surface area contributed by atoms with Crippen LogP contribution >= 0.6 is 0 Å². The van der Waals surface area contributed by atoms with Crippen LogP contribution in [0.1, 0.15) is 34.1 Å². The molecule has 1 saturated heterocycles. The van der Waals surface area contributed by atoms with E-state index in [1.807, 2.05) is 46.7 Å². The molecular weight excluding hydrogens is 206 g/mol. The smallest absolute Gasteiger partial charge is 0.185 e. The summed E-state index contributed by atoms with van der Waals surface area (Å²) in [7, 11) is 3.94. The lowest BCUT2D eigenvalue weighted by atomic mass is 9.99. The maximum Gasteiger partial charge on any atom is 0.185 e. The summed E-state index contributed by atoms with van der Waals surface area (Å²) >= 11 is 0. The molecule has 1 rings (SSSR count). The Balaban J connectivity index is 2.69. The van der Waals surface area contributed by atoms with Crippen LogP contribution in [0.3, 0.4) is 0 Å². The van der Waals surface area contributed by atoms with Gasteiger partial charge in [0.25, 0.3) is 0 Å². The fourth-order valence-electron chi connectivity index (χ4n) is 1.99. The molecule has 96 valence electrons. The van der Waals surface area contributed by atoms with E-state index in [1.54, 1.807) is 0 Å². The number of aliphatic hydroxyl groups is 1. The predicted molar refractivity (Wildman–Crippen MR) is 63.3 cm³/mol. The van der Waals surface area contributed by atoms with Gasteiger partial charge in [-0.3, -0.25) is 0 Å². The van der Waals surface area contributed by atoms with Crippen molar-refractivity contribution in [3.8, 4) is 0 Å². The minimum Gasteiger partial charge on any atom is -0.386 e. The molecule has 0 aliphatic carbocycles. The van der Waals surface area contributed by atoms with Gasteiger partial charge in [-0.05, 0) is 48.2 Å². The van der Waals surface area contributed by atoms with Crippen molar-refractivity contribution in [1.29, 1.82) is 0 Å². The minimum atomic E-state index is -0.592. The van der Waals surface area contributed by atoms with Crippen LogP contribution in [0.2, 0.25) is 0 Å². The summed E-state index contributed by atoms with van der Waals surface area (Å²) in [5.41, 5.74) is -0.306. The Labute approximate surface area is 98.5 Å². The highest BCUT2D eigenvalue weighted by molar-refractivity contribution is 4.86. The maximum absolute atomic E-state index is 10.2. The van der Waals surface area contributed by atoms with E-state index >= 15 is 0 Å². The van der Waals surface area contributed by atoms with Gasteiger partial charge >= 0.3 is 0 Å². The van der Waals surface area contributed by atoms with Crippen molar-refractivity contribution in [3.63, 3.8) is 0 Å². The summed E-state index contributed by atoms with van der Waals surface area (Å²) in [5, 5.41) is 10.2. The lowest BCUT2D eigenvalue weighted by Gasteiger charge is -2.42. The third kappa shape index (κ3) is 3.70. The summed E-state index contributed by atoms with van der Waals surface area (Å²) < 4.78 is 11.4. The molecule has 0 aromatic rings. The molecule has 1 heterocycles. The monoisotopic (exact) mass is 231 g/mol. The molecule has 0 spiro atoms. The van der Waals surface area contributed by atoms with Crippen LogP contribution < -0.4 is 0 Å². The van der Waals surface area contributed by atoms with Crippen LogP contribution in [0.5, 0.6) is 0 Å². The Morgan fingerprint density at radius 1 is 1.31 bits per heavy atom. The Kier molecular flexibility index (Phi) is 4.35. The predicted octanol–water partition coefficient (Wildman–Crippen LogP) is 1.23. The van der Waals surface area contributed by atoms with Crippen molar-refractivity contribution >= 4 is 0 Å². The van der Waals surface area contributed by atoms with E-state index in [9.17, 15) is 5.11 Å². The summed E-state index contributed by atoms with van der Waals surface area (Å²) in [6.07, 6.45) is -0.178. The molecule has 0 amide bonds. The van der Waals surface area contributed by atoms with Gasteiger partial charge in [0.05, 0.1) is 11.7 Å². The zero-order valence-corrected chi connectivity index (χ0v) is 11.2. The summed E-state index contributed by atoms with van der Waals surface area (Å²) in [5.74, 6) is 0. The highest BCUT2D eigenvalue weighted by atomic mass is 16.7. The summed E-state index contributed by atoms with van der Waals surface area (Å²) in [4.78, 5) is 2.03. The molecule has 4 heteroatoms. The number of hydrogen-bond acceptors (Lipinski definition) is 4. The molecule has 4 atom stereocenters.